The lowest BCUT2D eigenvalue weighted by Gasteiger charge is -2.17. The number of nitriles is 1. The Labute approximate surface area is 119 Å². The van der Waals surface area contributed by atoms with Gasteiger partial charge in [0.05, 0.1) is 11.5 Å². The van der Waals surface area contributed by atoms with Crippen LogP contribution in [0.15, 0.2) is 10.9 Å². The van der Waals surface area contributed by atoms with Crippen molar-refractivity contribution in [1.29, 1.82) is 5.26 Å². The number of halogens is 1. The molecule has 5 heteroatoms. The van der Waals surface area contributed by atoms with E-state index >= 15 is 0 Å². The van der Waals surface area contributed by atoms with Gasteiger partial charge in [0.25, 0.3) is 5.56 Å². The van der Waals surface area contributed by atoms with Gasteiger partial charge in [-0.25, -0.2) is 4.98 Å². The van der Waals surface area contributed by atoms with Gasteiger partial charge in [-0.2, -0.15) is 5.26 Å². The third-order valence-electron chi connectivity index (χ3n) is 3.01. The van der Waals surface area contributed by atoms with Gasteiger partial charge in [0, 0.05) is 18.5 Å². The molecule has 1 aromatic rings. The van der Waals surface area contributed by atoms with Gasteiger partial charge in [-0.1, -0.05) is 25.4 Å². The first-order chi connectivity index (χ1) is 8.76. The quantitative estimate of drug-likeness (QED) is 0.778. The van der Waals surface area contributed by atoms with Gasteiger partial charge in [0.2, 0.25) is 0 Å². The molecule has 0 bridgehead atoms. The fourth-order valence-corrected chi connectivity index (χ4v) is 2.08. The zero-order chi connectivity index (χ0) is 14.6. The van der Waals surface area contributed by atoms with Crippen LogP contribution in [0.4, 0.5) is 0 Å². The number of hydrogen-bond donors (Lipinski definition) is 0. The molecule has 19 heavy (non-hydrogen) atoms. The van der Waals surface area contributed by atoms with Crippen LogP contribution < -0.4 is 5.56 Å². The smallest absolute Gasteiger partial charge is 0.254 e. The first-order valence-corrected chi connectivity index (χ1v) is 6.83. The zero-order valence-electron chi connectivity index (χ0n) is 11.9. The van der Waals surface area contributed by atoms with Crippen LogP contribution >= 0.6 is 11.6 Å². The number of hydrogen-bond acceptors (Lipinski definition) is 3. The summed E-state index contributed by atoms with van der Waals surface area (Å²) in [6.07, 6.45) is 1.51. The summed E-state index contributed by atoms with van der Waals surface area (Å²) < 4.78 is 1.66. The van der Waals surface area contributed by atoms with Crippen LogP contribution in [0, 0.1) is 16.7 Å². The number of nitrogens with zero attached hydrogens (tertiary/aromatic N) is 3. The van der Waals surface area contributed by atoms with Crippen LogP contribution in [0.5, 0.6) is 0 Å². The third-order valence-corrected chi connectivity index (χ3v) is 3.20. The molecule has 0 aliphatic rings. The second kappa shape index (κ2) is 6.21. The summed E-state index contributed by atoms with van der Waals surface area (Å²) in [5, 5.41) is 9.21. The fourth-order valence-electron chi connectivity index (χ4n) is 1.90. The molecule has 0 aromatic carbocycles. The monoisotopic (exact) mass is 281 g/mol. The molecule has 0 atom stereocenters. The minimum Gasteiger partial charge on any atom is -0.296 e. The SMILES string of the molecule is CC(C)c1nc(Cl)cc(=O)n1CCCC(C)(C)C#N. The molecule has 0 radical (unpaired) electrons. The molecule has 1 rings (SSSR count). The normalized spacial score (nSPS) is 11.6. The molecule has 0 saturated heterocycles. The van der Waals surface area contributed by atoms with Crippen LogP contribution in [0.25, 0.3) is 0 Å². The van der Waals surface area contributed by atoms with Gasteiger partial charge < -0.3 is 0 Å². The predicted molar refractivity (Wildman–Crippen MR) is 76.2 cm³/mol. The minimum atomic E-state index is -0.360. The van der Waals surface area contributed by atoms with Crippen LogP contribution in [-0.2, 0) is 6.54 Å². The maximum atomic E-state index is 12.0. The van der Waals surface area contributed by atoms with Gasteiger partial charge in [0.15, 0.2) is 0 Å². The van der Waals surface area contributed by atoms with E-state index in [2.05, 4.69) is 11.1 Å². The first-order valence-electron chi connectivity index (χ1n) is 6.45. The van der Waals surface area contributed by atoms with E-state index in [9.17, 15) is 4.79 Å². The van der Waals surface area contributed by atoms with Gasteiger partial charge in [0.1, 0.15) is 11.0 Å². The Morgan fingerprint density at radius 3 is 2.68 bits per heavy atom. The van der Waals surface area contributed by atoms with E-state index in [-0.39, 0.29) is 22.0 Å². The highest BCUT2D eigenvalue weighted by Crippen LogP contribution is 2.21. The summed E-state index contributed by atoms with van der Waals surface area (Å²) >= 11 is 5.83. The molecule has 0 aliphatic carbocycles. The molecule has 0 fully saturated rings. The number of rotatable bonds is 5. The molecule has 0 saturated carbocycles. The van der Waals surface area contributed by atoms with Crippen molar-refractivity contribution in [2.45, 2.75) is 53.0 Å². The molecule has 0 aliphatic heterocycles. The van der Waals surface area contributed by atoms with E-state index in [0.29, 0.717) is 12.4 Å². The van der Waals surface area contributed by atoms with E-state index < -0.39 is 0 Å². The first kappa shape index (κ1) is 15.7. The van der Waals surface area contributed by atoms with E-state index in [1.54, 1.807) is 4.57 Å². The molecule has 1 aromatic heterocycles. The van der Waals surface area contributed by atoms with E-state index in [1.807, 2.05) is 27.7 Å². The van der Waals surface area contributed by atoms with Crippen molar-refractivity contribution in [1.82, 2.24) is 9.55 Å². The van der Waals surface area contributed by atoms with Gasteiger partial charge in [-0.15, -0.1) is 0 Å². The second-order valence-electron chi connectivity index (χ2n) is 5.68. The highest BCUT2D eigenvalue weighted by atomic mass is 35.5. The van der Waals surface area contributed by atoms with Crippen LogP contribution in [-0.4, -0.2) is 9.55 Å². The lowest BCUT2D eigenvalue weighted by atomic mass is 9.90. The van der Waals surface area contributed by atoms with E-state index in [0.717, 1.165) is 12.8 Å². The fraction of sp³-hybridized carbons (Fsp3) is 0.643. The van der Waals surface area contributed by atoms with Crippen molar-refractivity contribution in [2.24, 2.45) is 5.41 Å². The Morgan fingerprint density at radius 1 is 1.53 bits per heavy atom. The van der Waals surface area contributed by atoms with Crippen molar-refractivity contribution in [3.63, 3.8) is 0 Å². The summed E-state index contributed by atoms with van der Waals surface area (Å²) in [6, 6.07) is 3.60. The molecule has 0 amide bonds. The topological polar surface area (TPSA) is 58.7 Å². The summed E-state index contributed by atoms with van der Waals surface area (Å²) in [7, 11) is 0. The average Bonchev–Trinajstić information content (AvgIpc) is 2.31. The molecule has 104 valence electrons. The Hall–Kier alpha value is -1.34. The van der Waals surface area contributed by atoms with Crippen LogP contribution in [0.3, 0.4) is 0 Å². The van der Waals surface area contributed by atoms with Gasteiger partial charge >= 0.3 is 0 Å². The Bertz CT molecular complexity index is 541. The largest absolute Gasteiger partial charge is 0.296 e. The van der Waals surface area contributed by atoms with Crippen molar-refractivity contribution in [3.8, 4) is 6.07 Å². The van der Waals surface area contributed by atoms with E-state index in [4.69, 9.17) is 16.9 Å². The zero-order valence-corrected chi connectivity index (χ0v) is 12.7. The molecular formula is C14H20ClN3O. The molecule has 0 spiro atoms. The summed E-state index contributed by atoms with van der Waals surface area (Å²) in [6.45, 7) is 8.34. The standard InChI is InChI=1S/C14H20ClN3O/c1-10(2)13-17-11(15)8-12(19)18(13)7-5-6-14(3,4)9-16/h8,10H,5-7H2,1-4H3. The molecule has 0 N–H and O–H groups in total. The predicted octanol–water partition coefficient (Wildman–Crippen LogP) is 3.35. The van der Waals surface area contributed by atoms with Crippen LogP contribution in [0.2, 0.25) is 5.15 Å². The Balaban J connectivity index is 2.90. The lowest BCUT2D eigenvalue weighted by molar-refractivity contribution is 0.407. The van der Waals surface area contributed by atoms with Gasteiger partial charge in [-0.05, 0) is 26.7 Å². The summed E-state index contributed by atoms with van der Waals surface area (Å²) in [5.41, 5.74) is -0.486. The van der Waals surface area contributed by atoms with E-state index in [1.165, 1.54) is 6.07 Å². The average molecular weight is 282 g/mol. The maximum absolute atomic E-state index is 12.0. The highest BCUT2D eigenvalue weighted by molar-refractivity contribution is 6.29. The number of aromatic nitrogens is 2. The van der Waals surface area contributed by atoms with Crippen molar-refractivity contribution >= 4 is 11.6 Å². The third kappa shape index (κ3) is 4.36. The van der Waals surface area contributed by atoms with Crippen molar-refractivity contribution < 1.29 is 0 Å². The van der Waals surface area contributed by atoms with Crippen LogP contribution in [0.1, 0.15) is 52.3 Å². The van der Waals surface area contributed by atoms with Crippen molar-refractivity contribution in [2.75, 3.05) is 0 Å². The molecule has 4 nitrogen and oxygen atoms in total. The summed E-state index contributed by atoms with van der Waals surface area (Å²) in [4.78, 5) is 16.2. The molecule has 1 heterocycles. The Morgan fingerprint density at radius 2 is 2.16 bits per heavy atom. The van der Waals surface area contributed by atoms with Crippen molar-refractivity contribution in [3.05, 3.63) is 27.4 Å². The minimum absolute atomic E-state index is 0.126. The second-order valence-corrected chi connectivity index (χ2v) is 6.07. The van der Waals surface area contributed by atoms with Gasteiger partial charge in [-0.3, -0.25) is 9.36 Å². The summed E-state index contributed by atoms with van der Waals surface area (Å²) in [5.74, 6) is 0.836. The molecular weight excluding hydrogens is 262 g/mol. The molecule has 0 unspecified atom stereocenters. The Kier molecular flexibility index (Phi) is 5.13. The lowest BCUT2D eigenvalue weighted by Crippen LogP contribution is -2.26. The highest BCUT2D eigenvalue weighted by Gasteiger charge is 2.17. The maximum Gasteiger partial charge on any atom is 0.254 e.